The number of carbonyl (C=O) groups is 4. The first-order valence-electron chi connectivity index (χ1n) is 7.11. The highest BCUT2D eigenvalue weighted by atomic mass is 16.4. The van der Waals surface area contributed by atoms with Crippen molar-refractivity contribution in [2.24, 2.45) is 11.5 Å². The number of nitrogens with one attached hydrogen (secondary N) is 2. The molecule has 0 aliphatic rings. The predicted molar refractivity (Wildman–Crippen MR) is 78.5 cm³/mol. The molecule has 0 saturated carbocycles. The highest BCUT2D eigenvalue weighted by Gasteiger charge is 2.24. The Balaban J connectivity index is 4.62. The second-order valence-corrected chi connectivity index (χ2v) is 4.92. The SMILES string of the molecule is CCCCNC(=O)[C@H](CCC(=O)O)NC(=O)[C@@H](N)CC(N)=O. The lowest BCUT2D eigenvalue weighted by molar-refractivity contribution is -0.138. The molecule has 0 saturated heterocycles. The molecule has 0 rings (SSSR count). The first-order chi connectivity index (χ1) is 10.3. The Morgan fingerprint density at radius 3 is 2.32 bits per heavy atom. The molecule has 0 aromatic rings. The molecule has 0 aromatic heterocycles. The summed E-state index contributed by atoms with van der Waals surface area (Å²) in [6.45, 7) is 2.39. The fourth-order valence-corrected chi connectivity index (χ4v) is 1.64. The minimum Gasteiger partial charge on any atom is -0.481 e. The molecule has 0 fully saturated rings. The molecule has 0 radical (unpaired) electrons. The molecular weight excluding hydrogens is 292 g/mol. The van der Waals surface area contributed by atoms with Gasteiger partial charge in [-0.15, -0.1) is 0 Å². The zero-order valence-electron chi connectivity index (χ0n) is 12.6. The van der Waals surface area contributed by atoms with E-state index >= 15 is 0 Å². The lowest BCUT2D eigenvalue weighted by atomic mass is 10.1. The third-order valence-corrected chi connectivity index (χ3v) is 2.87. The first-order valence-corrected chi connectivity index (χ1v) is 7.11. The molecule has 3 amide bonds. The zero-order valence-corrected chi connectivity index (χ0v) is 12.6. The van der Waals surface area contributed by atoms with E-state index in [0.29, 0.717) is 6.54 Å². The summed E-state index contributed by atoms with van der Waals surface area (Å²) in [5, 5.41) is 13.7. The van der Waals surface area contributed by atoms with Crippen molar-refractivity contribution in [3.8, 4) is 0 Å². The second-order valence-electron chi connectivity index (χ2n) is 4.92. The zero-order chi connectivity index (χ0) is 17.1. The Morgan fingerprint density at radius 2 is 1.82 bits per heavy atom. The number of primary amides is 1. The molecule has 0 heterocycles. The van der Waals surface area contributed by atoms with Gasteiger partial charge in [-0.1, -0.05) is 13.3 Å². The number of hydrogen-bond acceptors (Lipinski definition) is 5. The number of carboxylic acids is 1. The fraction of sp³-hybridized carbons (Fsp3) is 0.692. The topological polar surface area (TPSA) is 165 Å². The first kappa shape index (κ1) is 19.8. The van der Waals surface area contributed by atoms with E-state index in [1.807, 2.05) is 6.92 Å². The standard InChI is InChI=1S/C13H24N4O5/c1-2-3-6-16-13(22)9(4-5-11(19)20)17-12(21)8(14)7-10(15)18/h8-9H,2-7,14H2,1H3,(H2,15,18)(H,16,22)(H,17,21)(H,19,20)/t8-,9-/m0/s1. The van der Waals surface area contributed by atoms with E-state index in [4.69, 9.17) is 16.6 Å². The summed E-state index contributed by atoms with van der Waals surface area (Å²) < 4.78 is 0. The molecule has 0 aliphatic heterocycles. The van der Waals surface area contributed by atoms with Crippen LogP contribution in [0, 0.1) is 0 Å². The monoisotopic (exact) mass is 316 g/mol. The highest BCUT2D eigenvalue weighted by molar-refractivity contribution is 5.92. The molecule has 0 aliphatic carbocycles. The average molecular weight is 316 g/mol. The van der Waals surface area contributed by atoms with Gasteiger partial charge in [0.1, 0.15) is 6.04 Å². The van der Waals surface area contributed by atoms with Gasteiger partial charge in [0.25, 0.3) is 0 Å². The van der Waals surface area contributed by atoms with E-state index in [1.165, 1.54) is 0 Å². The number of amides is 3. The van der Waals surface area contributed by atoms with Gasteiger partial charge in [-0.05, 0) is 12.8 Å². The maximum Gasteiger partial charge on any atom is 0.303 e. The summed E-state index contributed by atoms with van der Waals surface area (Å²) in [6.07, 6.45) is 0.955. The van der Waals surface area contributed by atoms with Gasteiger partial charge in [0.05, 0.1) is 12.5 Å². The summed E-state index contributed by atoms with van der Waals surface area (Å²) in [5.41, 5.74) is 10.4. The number of nitrogens with two attached hydrogens (primary N) is 2. The predicted octanol–water partition coefficient (Wildman–Crippen LogP) is -1.54. The van der Waals surface area contributed by atoms with E-state index in [9.17, 15) is 19.2 Å². The summed E-state index contributed by atoms with van der Waals surface area (Å²) >= 11 is 0. The van der Waals surface area contributed by atoms with E-state index in [1.54, 1.807) is 0 Å². The Bertz CT molecular complexity index is 413. The number of unbranched alkanes of at least 4 members (excludes halogenated alkanes) is 1. The van der Waals surface area contributed by atoms with Gasteiger partial charge in [-0.2, -0.15) is 0 Å². The number of hydrogen-bond donors (Lipinski definition) is 5. The summed E-state index contributed by atoms with van der Waals surface area (Å²) in [7, 11) is 0. The molecule has 9 nitrogen and oxygen atoms in total. The number of aliphatic carboxylic acids is 1. The van der Waals surface area contributed by atoms with E-state index < -0.39 is 35.8 Å². The van der Waals surface area contributed by atoms with E-state index in [0.717, 1.165) is 12.8 Å². The van der Waals surface area contributed by atoms with Crippen LogP contribution < -0.4 is 22.1 Å². The van der Waals surface area contributed by atoms with Crippen LogP contribution in [0.15, 0.2) is 0 Å². The highest BCUT2D eigenvalue weighted by Crippen LogP contribution is 2.00. The van der Waals surface area contributed by atoms with Crippen molar-refractivity contribution < 1.29 is 24.3 Å². The van der Waals surface area contributed by atoms with Gasteiger partial charge in [0, 0.05) is 13.0 Å². The van der Waals surface area contributed by atoms with Crippen LogP contribution in [0.5, 0.6) is 0 Å². The lowest BCUT2D eigenvalue weighted by Crippen LogP contribution is -2.52. The number of rotatable bonds is 11. The summed E-state index contributed by atoms with van der Waals surface area (Å²) in [6, 6.07) is -2.19. The average Bonchev–Trinajstić information content (AvgIpc) is 2.42. The van der Waals surface area contributed by atoms with E-state index in [2.05, 4.69) is 10.6 Å². The molecule has 0 spiro atoms. The van der Waals surface area contributed by atoms with Crippen molar-refractivity contribution in [1.82, 2.24) is 10.6 Å². The van der Waals surface area contributed by atoms with Gasteiger partial charge in [-0.25, -0.2) is 0 Å². The Kier molecular flexibility index (Phi) is 9.51. The minimum atomic E-state index is -1.17. The van der Waals surface area contributed by atoms with Crippen molar-refractivity contribution in [3.63, 3.8) is 0 Å². The van der Waals surface area contributed by atoms with Gasteiger partial charge in [0.15, 0.2) is 0 Å². The van der Waals surface area contributed by atoms with Gasteiger partial charge >= 0.3 is 5.97 Å². The normalized spacial score (nSPS) is 13.0. The smallest absolute Gasteiger partial charge is 0.303 e. The van der Waals surface area contributed by atoms with Crippen LogP contribution in [0.3, 0.4) is 0 Å². The van der Waals surface area contributed by atoms with Crippen LogP contribution in [0.25, 0.3) is 0 Å². The van der Waals surface area contributed by atoms with Crippen molar-refractivity contribution in [1.29, 1.82) is 0 Å². The number of carboxylic acid groups (broad SMARTS) is 1. The maximum absolute atomic E-state index is 12.0. The molecule has 2 atom stereocenters. The van der Waals surface area contributed by atoms with Crippen molar-refractivity contribution in [3.05, 3.63) is 0 Å². The third-order valence-electron chi connectivity index (χ3n) is 2.87. The minimum absolute atomic E-state index is 0.0671. The van der Waals surface area contributed by atoms with Gasteiger partial charge in [-0.3, -0.25) is 19.2 Å². The molecule has 9 heteroatoms. The van der Waals surface area contributed by atoms with Crippen LogP contribution in [0.2, 0.25) is 0 Å². The van der Waals surface area contributed by atoms with Crippen molar-refractivity contribution in [2.75, 3.05) is 6.54 Å². The fourth-order valence-electron chi connectivity index (χ4n) is 1.64. The van der Waals surface area contributed by atoms with Crippen LogP contribution >= 0.6 is 0 Å². The van der Waals surface area contributed by atoms with Crippen molar-refractivity contribution >= 4 is 23.7 Å². The molecule has 0 bridgehead atoms. The number of carbonyl (C=O) groups excluding carboxylic acids is 3. The third kappa shape index (κ3) is 8.90. The lowest BCUT2D eigenvalue weighted by Gasteiger charge is -2.19. The van der Waals surface area contributed by atoms with Crippen LogP contribution in [0.1, 0.15) is 39.0 Å². The Morgan fingerprint density at radius 1 is 1.18 bits per heavy atom. The molecule has 126 valence electrons. The van der Waals surface area contributed by atoms with E-state index in [-0.39, 0.29) is 19.3 Å². The molecule has 7 N–H and O–H groups in total. The summed E-state index contributed by atoms with van der Waals surface area (Å²) in [4.78, 5) is 45.1. The van der Waals surface area contributed by atoms with Crippen molar-refractivity contribution in [2.45, 2.75) is 51.1 Å². The summed E-state index contributed by atoms with van der Waals surface area (Å²) in [5.74, 6) is -3.02. The molecular formula is C13H24N4O5. The Hall–Kier alpha value is -2.16. The van der Waals surface area contributed by atoms with Gasteiger partial charge < -0.3 is 27.2 Å². The molecule has 0 aromatic carbocycles. The van der Waals surface area contributed by atoms with Gasteiger partial charge in [0.2, 0.25) is 17.7 Å². The molecule has 22 heavy (non-hydrogen) atoms. The largest absolute Gasteiger partial charge is 0.481 e. The second kappa shape index (κ2) is 10.6. The quantitative estimate of drug-likeness (QED) is 0.290. The van der Waals surface area contributed by atoms with Crippen LogP contribution in [-0.2, 0) is 19.2 Å². The van der Waals surface area contributed by atoms with Crippen LogP contribution in [-0.4, -0.2) is 47.4 Å². The Labute approximate surface area is 128 Å². The van der Waals surface area contributed by atoms with Crippen LogP contribution in [0.4, 0.5) is 0 Å². The maximum atomic E-state index is 12.0. The molecule has 0 unspecified atom stereocenters.